The summed E-state index contributed by atoms with van der Waals surface area (Å²) < 4.78 is 31.5. The van der Waals surface area contributed by atoms with E-state index in [0.717, 1.165) is 25.2 Å². The molecule has 0 bridgehead atoms. The van der Waals surface area contributed by atoms with Gasteiger partial charge in [-0.05, 0) is 19.1 Å². The highest BCUT2D eigenvalue weighted by Gasteiger charge is 2.20. The van der Waals surface area contributed by atoms with Crippen molar-refractivity contribution in [3.63, 3.8) is 0 Å². The van der Waals surface area contributed by atoms with E-state index in [4.69, 9.17) is 4.74 Å². The van der Waals surface area contributed by atoms with Crippen LogP contribution in [0.4, 0.5) is 14.5 Å². The van der Waals surface area contributed by atoms with Crippen molar-refractivity contribution in [1.29, 1.82) is 0 Å². The van der Waals surface area contributed by atoms with Gasteiger partial charge in [-0.25, -0.2) is 8.78 Å². The van der Waals surface area contributed by atoms with E-state index in [0.29, 0.717) is 19.3 Å². The van der Waals surface area contributed by atoms with Gasteiger partial charge in [-0.2, -0.15) is 0 Å². The molecule has 23 heavy (non-hydrogen) atoms. The van der Waals surface area contributed by atoms with E-state index in [-0.39, 0.29) is 18.3 Å². The average Bonchev–Trinajstić information content (AvgIpc) is 2.55. The number of hydrogen-bond donors (Lipinski definition) is 2. The highest BCUT2D eigenvalue weighted by atomic mass is 19.1. The van der Waals surface area contributed by atoms with Gasteiger partial charge in [-0.15, -0.1) is 0 Å². The molecular formula is C15H19F2N3O3. The third-order valence-electron chi connectivity index (χ3n) is 3.61. The maximum Gasteiger partial charge on any atom is 0.313 e. The number of halogens is 2. The molecule has 1 saturated heterocycles. The van der Waals surface area contributed by atoms with Gasteiger partial charge in [0.25, 0.3) is 0 Å². The number of ether oxygens (including phenoxy) is 1. The van der Waals surface area contributed by atoms with Crippen LogP contribution < -0.4 is 10.6 Å². The Morgan fingerprint density at radius 2 is 1.96 bits per heavy atom. The quantitative estimate of drug-likeness (QED) is 0.801. The fourth-order valence-corrected chi connectivity index (χ4v) is 2.24. The van der Waals surface area contributed by atoms with Crippen LogP contribution in [0.5, 0.6) is 0 Å². The predicted octanol–water partition coefficient (Wildman–Crippen LogP) is 0.740. The lowest BCUT2D eigenvalue weighted by Crippen LogP contribution is -2.48. The number of carbonyl (C=O) groups is 2. The topological polar surface area (TPSA) is 70.7 Å². The summed E-state index contributed by atoms with van der Waals surface area (Å²) in [7, 11) is 0. The summed E-state index contributed by atoms with van der Waals surface area (Å²) in [5, 5.41) is 4.61. The zero-order chi connectivity index (χ0) is 16.8. The van der Waals surface area contributed by atoms with E-state index < -0.39 is 23.4 Å². The highest BCUT2D eigenvalue weighted by Crippen LogP contribution is 2.14. The third kappa shape index (κ3) is 4.97. The molecule has 1 heterocycles. The van der Waals surface area contributed by atoms with Crippen LogP contribution in [0.1, 0.15) is 6.92 Å². The van der Waals surface area contributed by atoms with Crippen molar-refractivity contribution in [2.24, 2.45) is 0 Å². The Morgan fingerprint density at radius 1 is 1.26 bits per heavy atom. The molecule has 1 aromatic rings. The first-order chi connectivity index (χ1) is 11.0. The number of benzene rings is 1. The first kappa shape index (κ1) is 17.3. The van der Waals surface area contributed by atoms with Gasteiger partial charge in [0.05, 0.1) is 18.9 Å². The fourth-order valence-electron chi connectivity index (χ4n) is 2.24. The smallest absolute Gasteiger partial charge is 0.313 e. The van der Waals surface area contributed by atoms with Gasteiger partial charge in [-0.1, -0.05) is 0 Å². The lowest BCUT2D eigenvalue weighted by atomic mass is 10.2. The molecule has 0 aliphatic carbocycles. The summed E-state index contributed by atoms with van der Waals surface area (Å²) in [6.45, 7) is 5.04. The van der Waals surface area contributed by atoms with Crippen molar-refractivity contribution in [2.45, 2.75) is 13.0 Å². The summed E-state index contributed by atoms with van der Waals surface area (Å²) in [5.74, 6) is -3.56. The number of rotatable bonds is 4. The molecule has 1 aliphatic rings. The number of nitrogens with one attached hydrogen (secondary N) is 2. The Bertz CT molecular complexity index is 577. The number of nitrogens with zero attached hydrogens (tertiary/aromatic N) is 1. The molecule has 2 amide bonds. The molecule has 0 spiro atoms. The van der Waals surface area contributed by atoms with E-state index in [1.54, 1.807) is 0 Å². The van der Waals surface area contributed by atoms with Gasteiger partial charge in [0.1, 0.15) is 11.6 Å². The van der Waals surface area contributed by atoms with Crippen molar-refractivity contribution >= 4 is 17.5 Å². The molecule has 1 aliphatic heterocycles. The maximum atomic E-state index is 13.4. The van der Waals surface area contributed by atoms with Crippen molar-refractivity contribution in [2.75, 3.05) is 38.2 Å². The van der Waals surface area contributed by atoms with Crippen molar-refractivity contribution < 1.29 is 23.1 Å². The second-order valence-electron chi connectivity index (χ2n) is 5.29. The molecule has 126 valence electrons. The molecule has 0 saturated carbocycles. The first-order valence-corrected chi connectivity index (χ1v) is 7.33. The minimum Gasteiger partial charge on any atom is -0.379 e. The molecule has 6 nitrogen and oxygen atoms in total. The molecular weight excluding hydrogens is 308 g/mol. The van der Waals surface area contributed by atoms with Crippen molar-refractivity contribution in [3.8, 4) is 0 Å². The molecule has 2 N–H and O–H groups in total. The molecule has 1 aromatic carbocycles. The Hall–Kier alpha value is -2.06. The highest BCUT2D eigenvalue weighted by molar-refractivity contribution is 6.39. The second-order valence-corrected chi connectivity index (χ2v) is 5.29. The first-order valence-electron chi connectivity index (χ1n) is 7.33. The summed E-state index contributed by atoms with van der Waals surface area (Å²) in [6.07, 6.45) is 0. The molecule has 0 aromatic heterocycles. The number of morpholine rings is 1. The van der Waals surface area contributed by atoms with Crippen LogP contribution in [0.15, 0.2) is 18.2 Å². The van der Waals surface area contributed by atoms with Gasteiger partial charge in [0, 0.05) is 31.7 Å². The zero-order valence-corrected chi connectivity index (χ0v) is 12.8. The van der Waals surface area contributed by atoms with Gasteiger partial charge >= 0.3 is 11.8 Å². The monoisotopic (exact) mass is 327 g/mol. The molecule has 1 unspecified atom stereocenters. The Balaban J connectivity index is 1.81. The van der Waals surface area contributed by atoms with Crippen LogP contribution in [0.3, 0.4) is 0 Å². The number of anilines is 1. The molecule has 0 radical (unpaired) electrons. The van der Waals surface area contributed by atoms with Crippen LogP contribution >= 0.6 is 0 Å². The van der Waals surface area contributed by atoms with Gasteiger partial charge in [0.15, 0.2) is 0 Å². The maximum absolute atomic E-state index is 13.4. The van der Waals surface area contributed by atoms with E-state index >= 15 is 0 Å². The van der Waals surface area contributed by atoms with Crippen LogP contribution in [-0.4, -0.2) is 55.6 Å². The molecule has 1 atom stereocenters. The van der Waals surface area contributed by atoms with E-state index in [1.165, 1.54) is 0 Å². The Labute approximate surface area is 132 Å². The summed E-state index contributed by atoms with van der Waals surface area (Å²) >= 11 is 0. The largest absolute Gasteiger partial charge is 0.379 e. The van der Waals surface area contributed by atoms with Crippen LogP contribution in [0.2, 0.25) is 0 Å². The lowest BCUT2D eigenvalue weighted by Gasteiger charge is -2.32. The van der Waals surface area contributed by atoms with Crippen molar-refractivity contribution in [3.05, 3.63) is 29.8 Å². The SMILES string of the molecule is CC(CNC(=O)C(=O)Nc1ccc(F)cc1F)N1CCOCC1. The van der Waals surface area contributed by atoms with Gasteiger partial charge in [0.2, 0.25) is 0 Å². The van der Waals surface area contributed by atoms with E-state index in [2.05, 4.69) is 15.5 Å². The average molecular weight is 327 g/mol. The standard InChI is InChI=1S/C15H19F2N3O3/c1-10(20-4-6-23-7-5-20)9-18-14(21)15(22)19-13-3-2-11(16)8-12(13)17/h2-3,8,10H,4-7,9H2,1H3,(H,18,21)(H,19,22). The summed E-state index contributed by atoms with van der Waals surface area (Å²) in [6, 6.07) is 2.75. The lowest BCUT2D eigenvalue weighted by molar-refractivity contribution is -0.136. The van der Waals surface area contributed by atoms with Crippen LogP contribution in [-0.2, 0) is 14.3 Å². The normalized spacial score (nSPS) is 16.7. The van der Waals surface area contributed by atoms with Crippen LogP contribution in [0.25, 0.3) is 0 Å². The number of hydrogen-bond acceptors (Lipinski definition) is 4. The third-order valence-corrected chi connectivity index (χ3v) is 3.61. The summed E-state index contributed by atoms with van der Waals surface area (Å²) in [5.41, 5.74) is -0.243. The van der Waals surface area contributed by atoms with Crippen LogP contribution in [0, 0.1) is 11.6 Å². The molecule has 1 fully saturated rings. The second kappa shape index (κ2) is 7.98. The van der Waals surface area contributed by atoms with Gasteiger partial charge in [-0.3, -0.25) is 14.5 Å². The fraction of sp³-hybridized carbons (Fsp3) is 0.467. The van der Waals surface area contributed by atoms with Crippen molar-refractivity contribution in [1.82, 2.24) is 10.2 Å². The summed E-state index contributed by atoms with van der Waals surface area (Å²) in [4.78, 5) is 25.6. The van der Waals surface area contributed by atoms with E-state index in [9.17, 15) is 18.4 Å². The number of carbonyl (C=O) groups excluding carboxylic acids is 2. The minimum absolute atomic E-state index is 0.0539. The molecule has 8 heteroatoms. The van der Waals surface area contributed by atoms with E-state index in [1.807, 2.05) is 6.92 Å². The molecule has 2 rings (SSSR count). The Morgan fingerprint density at radius 3 is 2.61 bits per heavy atom. The minimum atomic E-state index is -0.996. The predicted molar refractivity (Wildman–Crippen MR) is 79.9 cm³/mol. The van der Waals surface area contributed by atoms with Gasteiger partial charge < -0.3 is 15.4 Å². The zero-order valence-electron chi connectivity index (χ0n) is 12.8. The Kier molecular flexibility index (Phi) is 6.00. The number of amides is 2.